The van der Waals surface area contributed by atoms with E-state index >= 15 is 0 Å². The number of hydrogen-bond acceptors (Lipinski definition) is 7. The largest absolute Gasteiger partial charge is 0.481 e. The van der Waals surface area contributed by atoms with Crippen LogP contribution in [-0.4, -0.2) is 41.2 Å². The zero-order chi connectivity index (χ0) is 28.6. The molecule has 2 atom stereocenters. The predicted molar refractivity (Wildman–Crippen MR) is 157 cm³/mol. The second-order valence-electron chi connectivity index (χ2n) is 9.52. The molecule has 0 spiro atoms. The van der Waals surface area contributed by atoms with Gasteiger partial charge in [-0.2, -0.15) is 0 Å². The molecule has 3 N–H and O–H groups in total. The fourth-order valence-corrected chi connectivity index (χ4v) is 7.10. The van der Waals surface area contributed by atoms with E-state index in [0.29, 0.717) is 28.6 Å². The Morgan fingerprint density at radius 3 is 2.55 bits per heavy atom. The van der Waals surface area contributed by atoms with E-state index in [1.54, 1.807) is 18.2 Å². The number of thiophene rings is 1. The van der Waals surface area contributed by atoms with Gasteiger partial charge in [-0.3, -0.25) is 14.4 Å². The van der Waals surface area contributed by atoms with E-state index in [1.807, 2.05) is 31.2 Å². The first kappa shape index (κ1) is 29.4. The Labute approximate surface area is 241 Å². The van der Waals surface area contributed by atoms with E-state index in [9.17, 15) is 19.2 Å². The number of fused-ring (bicyclic) bond motifs is 1. The molecule has 4 rings (SSSR count). The Bertz CT molecular complexity index is 1390. The molecule has 210 valence electrons. The van der Waals surface area contributed by atoms with Crippen LogP contribution in [-0.2, 0) is 32.0 Å². The molecule has 1 aliphatic rings. The number of anilines is 2. The third kappa shape index (κ3) is 7.31. The van der Waals surface area contributed by atoms with Crippen LogP contribution in [0.4, 0.5) is 10.7 Å². The normalized spacial score (nSPS) is 15.0. The summed E-state index contributed by atoms with van der Waals surface area (Å²) in [4.78, 5) is 50.9. The molecule has 0 bridgehead atoms. The van der Waals surface area contributed by atoms with Gasteiger partial charge in [0.25, 0.3) is 0 Å². The number of rotatable bonds is 11. The molecule has 0 fully saturated rings. The van der Waals surface area contributed by atoms with Gasteiger partial charge in [0, 0.05) is 21.9 Å². The average Bonchev–Trinajstić information content (AvgIpc) is 3.31. The molecule has 2 unspecified atom stereocenters. The van der Waals surface area contributed by atoms with Crippen LogP contribution >= 0.6 is 23.1 Å². The Morgan fingerprint density at radius 1 is 1.07 bits per heavy atom. The molecule has 1 aliphatic carbocycles. The summed E-state index contributed by atoms with van der Waals surface area (Å²) in [5, 5.41) is 14.6. The SMILES string of the molecule is CCC(Sc1cccc(NC(=O)CCC(=O)O)c1)C(=O)Nc1sc2c(c1C(=O)OC)CCC(c1ccccc1)C2. The third-order valence-electron chi connectivity index (χ3n) is 6.79. The molecule has 10 heteroatoms. The predicted octanol–water partition coefficient (Wildman–Crippen LogP) is 6.12. The second kappa shape index (κ2) is 13.6. The summed E-state index contributed by atoms with van der Waals surface area (Å²) in [6.45, 7) is 1.92. The maximum atomic E-state index is 13.4. The molecule has 0 radical (unpaired) electrons. The van der Waals surface area contributed by atoms with Crippen LogP contribution in [0.2, 0.25) is 0 Å². The maximum Gasteiger partial charge on any atom is 0.341 e. The number of carbonyl (C=O) groups excluding carboxylic acids is 3. The van der Waals surface area contributed by atoms with Gasteiger partial charge in [0.05, 0.1) is 24.3 Å². The van der Waals surface area contributed by atoms with Gasteiger partial charge in [0.1, 0.15) is 5.00 Å². The van der Waals surface area contributed by atoms with Gasteiger partial charge < -0.3 is 20.5 Å². The number of amides is 2. The number of hydrogen-bond donors (Lipinski definition) is 3. The molecular weight excluding hydrogens is 548 g/mol. The van der Waals surface area contributed by atoms with Crippen LogP contribution in [0.1, 0.15) is 64.9 Å². The van der Waals surface area contributed by atoms with Crippen LogP contribution in [0, 0.1) is 0 Å². The van der Waals surface area contributed by atoms with Crippen LogP contribution in [0.3, 0.4) is 0 Å². The number of benzene rings is 2. The highest BCUT2D eigenvalue weighted by Gasteiger charge is 2.31. The molecule has 8 nitrogen and oxygen atoms in total. The lowest BCUT2D eigenvalue weighted by Crippen LogP contribution is -2.25. The van der Waals surface area contributed by atoms with Gasteiger partial charge in [0.2, 0.25) is 11.8 Å². The Kier molecular flexibility index (Phi) is 10.0. The first-order valence-corrected chi connectivity index (χ1v) is 14.9. The summed E-state index contributed by atoms with van der Waals surface area (Å²) in [5.74, 6) is -1.72. The zero-order valence-corrected chi connectivity index (χ0v) is 24.0. The van der Waals surface area contributed by atoms with Crippen LogP contribution < -0.4 is 10.6 Å². The minimum atomic E-state index is -1.03. The van der Waals surface area contributed by atoms with E-state index < -0.39 is 17.2 Å². The Balaban J connectivity index is 1.48. The summed E-state index contributed by atoms with van der Waals surface area (Å²) in [7, 11) is 1.35. The van der Waals surface area contributed by atoms with E-state index in [1.165, 1.54) is 35.8 Å². The fraction of sp³-hybridized carbons (Fsp3) is 0.333. The molecule has 40 heavy (non-hydrogen) atoms. The van der Waals surface area contributed by atoms with E-state index in [0.717, 1.165) is 34.6 Å². The number of ether oxygens (including phenoxy) is 1. The highest BCUT2D eigenvalue weighted by Crippen LogP contribution is 2.43. The molecule has 0 saturated heterocycles. The van der Waals surface area contributed by atoms with Crippen molar-refractivity contribution in [3.05, 3.63) is 76.2 Å². The summed E-state index contributed by atoms with van der Waals surface area (Å²) < 4.78 is 5.10. The minimum Gasteiger partial charge on any atom is -0.481 e. The molecule has 2 aromatic carbocycles. The van der Waals surface area contributed by atoms with Crippen molar-refractivity contribution in [1.82, 2.24) is 0 Å². The number of nitrogens with one attached hydrogen (secondary N) is 2. The zero-order valence-electron chi connectivity index (χ0n) is 22.4. The number of carboxylic acids is 1. The summed E-state index contributed by atoms with van der Waals surface area (Å²) in [6.07, 6.45) is 2.64. The molecular formula is C30H32N2O6S2. The molecule has 0 aliphatic heterocycles. The van der Waals surface area contributed by atoms with E-state index in [4.69, 9.17) is 9.84 Å². The smallest absolute Gasteiger partial charge is 0.341 e. The molecule has 0 saturated carbocycles. The third-order valence-corrected chi connectivity index (χ3v) is 9.32. The van der Waals surface area contributed by atoms with Gasteiger partial charge in [-0.1, -0.05) is 43.3 Å². The van der Waals surface area contributed by atoms with Crippen LogP contribution in [0.15, 0.2) is 59.5 Å². The van der Waals surface area contributed by atoms with Gasteiger partial charge in [-0.05, 0) is 60.9 Å². The van der Waals surface area contributed by atoms with Crippen molar-refractivity contribution in [2.45, 2.75) is 61.5 Å². The Hall–Kier alpha value is -3.63. The number of methoxy groups -OCH3 is 1. The standard InChI is InChI=1S/C30H32N2O6S2/c1-3-23(39-21-11-7-10-20(17-21)31-25(33)14-15-26(34)35)28(36)32-29-27(30(37)38-2)22-13-12-19(16-24(22)40-29)18-8-5-4-6-9-18/h4-11,17,19,23H,3,12-16H2,1-2H3,(H,31,33)(H,32,36)(H,34,35). The second-order valence-corrected chi connectivity index (χ2v) is 11.9. The van der Waals surface area contributed by atoms with Crippen molar-refractivity contribution in [1.29, 1.82) is 0 Å². The fourth-order valence-electron chi connectivity index (χ4n) is 4.77. The number of thioether (sulfide) groups is 1. The van der Waals surface area contributed by atoms with Gasteiger partial charge in [0.15, 0.2) is 0 Å². The van der Waals surface area contributed by atoms with E-state index in [2.05, 4.69) is 22.8 Å². The number of aliphatic carboxylic acids is 1. The highest BCUT2D eigenvalue weighted by atomic mass is 32.2. The van der Waals surface area contributed by atoms with Crippen molar-refractivity contribution in [3.63, 3.8) is 0 Å². The van der Waals surface area contributed by atoms with E-state index in [-0.39, 0.29) is 24.7 Å². The lowest BCUT2D eigenvalue weighted by molar-refractivity contribution is -0.138. The van der Waals surface area contributed by atoms with Gasteiger partial charge >= 0.3 is 11.9 Å². The summed E-state index contributed by atoms with van der Waals surface area (Å²) >= 11 is 2.81. The monoisotopic (exact) mass is 580 g/mol. The van der Waals surface area contributed by atoms with Crippen molar-refractivity contribution < 1.29 is 29.0 Å². The number of esters is 1. The van der Waals surface area contributed by atoms with Crippen molar-refractivity contribution in [3.8, 4) is 0 Å². The summed E-state index contributed by atoms with van der Waals surface area (Å²) in [6, 6.07) is 17.4. The lowest BCUT2D eigenvalue weighted by atomic mass is 9.83. The first-order chi connectivity index (χ1) is 19.3. The highest BCUT2D eigenvalue weighted by molar-refractivity contribution is 8.00. The topological polar surface area (TPSA) is 122 Å². The molecule has 1 aromatic heterocycles. The number of carboxylic acid groups (broad SMARTS) is 1. The quantitative estimate of drug-likeness (QED) is 0.185. The van der Waals surface area contributed by atoms with Crippen molar-refractivity contribution in [2.75, 3.05) is 17.7 Å². The average molecular weight is 581 g/mol. The van der Waals surface area contributed by atoms with Crippen molar-refractivity contribution in [2.24, 2.45) is 0 Å². The van der Waals surface area contributed by atoms with Gasteiger partial charge in [-0.15, -0.1) is 23.1 Å². The number of carbonyl (C=O) groups is 4. The molecule has 3 aromatic rings. The molecule has 2 amide bonds. The van der Waals surface area contributed by atoms with Crippen molar-refractivity contribution >= 4 is 57.5 Å². The molecule has 1 heterocycles. The Morgan fingerprint density at radius 2 is 1.85 bits per heavy atom. The summed E-state index contributed by atoms with van der Waals surface area (Å²) in [5.41, 5.74) is 3.22. The van der Waals surface area contributed by atoms with Gasteiger partial charge in [-0.25, -0.2) is 4.79 Å². The van der Waals surface area contributed by atoms with Crippen LogP contribution in [0.5, 0.6) is 0 Å². The lowest BCUT2D eigenvalue weighted by Gasteiger charge is -2.22. The maximum absolute atomic E-state index is 13.4. The van der Waals surface area contributed by atoms with Crippen LogP contribution in [0.25, 0.3) is 0 Å². The minimum absolute atomic E-state index is 0.119. The first-order valence-electron chi connectivity index (χ1n) is 13.2.